The Morgan fingerprint density at radius 2 is 1.93 bits per heavy atom. The SMILES string of the molecule is CC(C)n1ncc(C(=O)O)c1C(=O)O. The van der Waals surface area contributed by atoms with Crippen LogP contribution < -0.4 is 0 Å². The molecule has 14 heavy (non-hydrogen) atoms. The average Bonchev–Trinajstić information content (AvgIpc) is 2.46. The van der Waals surface area contributed by atoms with Crippen molar-refractivity contribution in [3.8, 4) is 0 Å². The molecule has 0 fully saturated rings. The molecule has 0 saturated heterocycles. The Morgan fingerprint density at radius 3 is 2.29 bits per heavy atom. The van der Waals surface area contributed by atoms with Gasteiger partial charge in [-0.2, -0.15) is 5.10 Å². The van der Waals surface area contributed by atoms with Crippen LogP contribution in [0.3, 0.4) is 0 Å². The zero-order valence-corrected chi connectivity index (χ0v) is 7.76. The molecule has 0 radical (unpaired) electrons. The maximum Gasteiger partial charge on any atom is 0.355 e. The van der Waals surface area contributed by atoms with Crippen molar-refractivity contribution < 1.29 is 19.8 Å². The number of hydrogen-bond acceptors (Lipinski definition) is 3. The Bertz CT molecular complexity index is 381. The first-order chi connectivity index (χ1) is 6.45. The van der Waals surface area contributed by atoms with Gasteiger partial charge in [-0.3, -0.25) is 4.68 Å². The molecule has 0 bridgehead atoms. The van der Waals surface area contributed by atoms with E-state index in [-0.39, 0.29) is 17.3 Å². The van der Waals surface area contributed by atoms with Crippen LogP contribution in [0.5, 0.6) is 0 Å². The number of rotatable bonds is 3. The monoisotopic (exact) mass is 198 g/mol. The van der Waals surface area contributed by atoms with Crippen LogP contribution in [-0.2, 0) is 0 Å². The van der Waals surface area contributed by atoms with Crippen LogP contribution >= 0.6 is 0 Å². The van der Waals surface area contributed by atoms with Crippen LogP contribution in [0.25, 0.3) is 0 Å². The molecule has 1 aromatic rings. The summed E-state index contributed by atoms with van der Waals surface area (Å²) in [5, 5.41) is 21.2. The maximum atomic E-state index is 10.8. The third kappa shape index (κ3) is 1.59. The first kappa shape index (κ1) is 10.2. The van der Waals surface area contributed by atoms with Gasteiger partial charge < -0.3 is 10.2 Å². The second-order valence-corrected chi connectivity index (χ2v) is 3.06. The summed E-state index contributed by atoms with van der Waals surface area (Å²) in [5.41, 5.74) is -0.571. The van der Waals surface area contributed by atoms with Crippen molar-refractivity contribution in [3.63, 3.8) is 0 Å². The highest BCUT2D eigenvalue weighted by atomic mass is 16.4. The van der Waals surface area contributed by atoms with Gasteiger partial charge in [0.2, 0.25) is 0 Å². The summed E-state index contributed by atoms with van der Waals surface area (Å²) >= 11 is 0. The van der Waals surface area contributed by atoms with Gasteiger partial charge in [0.1, 0.15) is 5.56 Å². The minimum absolute atomic E-state index is 0.186. The summed E-state index contributed by atoms with van der Waals surface area (Å²) in [6.45, 7) is 3.45. The van der Waals surface area contributed by atoms with Crippen molar-refractivity contribution >= 4 is 11.9 Å². The highest BCUT2D eigenvalue weighted by Crippen LogP contribution is 2.13. The highest BCUT2D eigenvalue weighted by molar-refractivity contribution is 6.00. The predicted octanol–water partition coefficient (Wildman–Crippen LogP) is 0.860. The third-order valence-corrected chi connectivity index (χ3v) is 1.72. The standard InChI is InChI=1S/C8H10N2O4/c1-4(2)10-6(8(13)14)5(3-9-10)7(11)12/h3-4H,1-2H3,(H,11,12)(H,13,14). The number of aromatic nitrogens is 2. The van der Waals surface area contributed by atoms with E-state index >= 15 is 0 Å². The number of hydrogen-bond donors (Lipinski definition) is 2. The normalized spacial score (nSPS) is 10.5. The molecule has 0 saturated carbocycles. The summed E-state index contributed by atoms with van der Waals surface area (Å²) in [5.74, 6) is -2.57. The lowest BCUT2D eigenvalue weighted by Gasteiger charge is -2.07. The molecule has 0 aromatic carbocycles. The van der Waals surface area contributed by atoms with E-state index in [9.17, 15) is 9.59 Å². The number of carbonyl (C=O) groups is 2. The summed E-state index contributed by atoms with van der Waals surface area (Å²) < 4.78 is 1.17. The molecule has 0 aliphatic heterocycles. The zero-order chi connectivity index (χ0) is 10.9. The first-order valence-corrected chi connectivity index (χ1v) is 3.99. The second kappa shape index (κ2) is 3.49. The fourth-order valence-corrected chi connectivity index (χ4v) is 1.12. The molecule has 1 rings (SSSR count). The summed E-state index contributed by atoms with van der Waals surface area (Å²) in [4.78, 5) is 21.4. The van der Waals surface area contributed by atoms with Gasteiger partial charge >= 0.3 is 11.9 Å². The summed E-state index contributed by atoms with van der Waals surface area (Å²) in [7, 11) is 0. The van der Waals surface area contributed by atoms with Crippen molar-refractivity contribution in [3.05, 3.63) is 17.5 Å². The lowest BCUT2D eigenvalue weighted by molar-refractivity contribution is 0.0641. The molecule has 0 amide bonds. The van der Waals surface area contributed by atoms with E-state index in [0.717, 1.165) is 6.20 Å². The summed E-state index contributed by atoms with van der Waals surface area (Å²) in [6, 6.07) is -0.186. The third-order valence-electron chi connectivity index (χ3n) is 1.72. The molecular formula is C8H10N2O4. The maximum absolute atomic E-state index is 10.8. The van der Waals surface area contributed by atoms with Gasteiger partial charge in [-0.25, -0.2) is 9.59 Å². The number of nitrogens with zero attached hydrogens (tertiary/aromatic N) is 2. The minimum atomic E-state index is -1.28. The smallest absolute Gasteiger partial charge is 0.355 e. The number of carboxylic acids is 2. The van der Waals surface area contributed by atoms with Crippen molar-refractivity contribution in [1.29, 1.82) is 0 Å². The second-order valence-electron chi connectivity index (χ2n) is 3.06. The van der Waals surface area contributed by atoms with Gasteiger partial charge in [-0.1, -0.05) is 0 Å². The van der Waals surface area contributed by atoms with Crippen molar-refractivity contribution in [2.75, 3.05) is 0 Å². The van der Waals surface area contributed by atoms with E-state index in [1.165, 1.54) is 4.68 Å². The number of carboxylic acid groups (broad SMARTS) is 2. The molecule has 76 valence electrons. The Morgan fingerprint density at radius 1 is 1.36 bits per heavy atom. The molecule has 0 atom stereocenters. The molecule has 1 heterocycles. The molecule has 6 nitrogen and oxygen atoms in total. The highest BCUT2D eigenvalue weighted by Gasteiger charge is 2.23. The molecule has 0 spiro atoms. The predicted molar refractivity (Wildman–Crippen MR) is 46.5 cm³/mol. The van der Waals surface area contributed by atoms with Gasteiger partial charge in [0.05, 0.1) is 6.20 Å². The van der Waals surface area contributed by atoms with Crippen LogP contribution in [0.2, 0.25) is 0 Å². The largest absolute Gasteiger partial charge is 0.478 e. The molecule has 1 aromatic heterocycles. The Balaban J connectivity index is 3.35. The van der Waals surface area contributed by atoms with Crippen LogP contribution in [0, 0.1) is 0 Å². The van der Waals surface area contributed by atoms with Crippen molar-refractivity contribution in [2.24, 2.45) is 0 Å². The molecular weight excluding hydrogens is 188 g/mol. The molecule has 2 N–H and O–H groups in total. The minimum Gasteiger partial charge on any atom is -0.478 e. The summed E-state index contributed by atoms with van der Waals surface area (Å²) in [6.07, 6.45) is 1.05. The van der Waals surface area contributed by atoms with Gasteiger partial charge in [0.25, 0.3) is 0 Å². The van der Waals surface area contributed by atoms with Crippen LogP contribution in [0.15, 0.2) is 6.20 Å². The van der Waals surface area contributed by atoms with E-state index in [0.29, 0.717) is 0 Å². The zero-order valence-electron chi connectivity index (χ0n) is 7.76. The molecule has 6 heteroatoms. The van der Waals surface area contributed by atoms with E-state index < -0.39 is 11.9 Å². The van der Waals surface area contributed by atoms with Crippen molar-refractivity contribution in [2.45, 2.75) is 19.9 Å². The van der Waals surface area contributed by atoms with Crippen LogP contribution in [0.4, 0.5) is 0 Å². The van der Waals surface area contributed by atoms with Crippen molar-refractivity contribution in [1.82, 2.24) is 9.78 Å². The lowest BCUT2D eigenvalue weighted by Crippen LogP contribution is -2.15. The topological polar surface area (TPSA) is 92.4 Å². The van der Waals surface area contributed by atoms with Gasteiger partial charge in [0.15, 0.2) is 5.69 Å². The fourth-order valence-electron chi connectivity index (χ4n) is 1.12. The van der Waals surface area contributed by atoms with Crippen LogP contribution in [-0.4, -0.2) is 31.9 Å². The molecule has 0 aliphatic carbocycles. The quantitative estimate of drug-likeness (QED) is 0.751. The van der Waals surface area contributed by atoms with E-state index in [4.69, 9.17) is 10.2 Å². The van der Waals surface area contributed by atoms with E-state index in [2.05, 4.69) is 5.10 Å². The molecule has 0 aliphatic rings. The fraction of sp³-hybridized carbons (Fsp3) is 0.375. The van der Waals surface area contributed by atoms with Gasteiger partial charge in [0, 0.05) is 6.04 Å². The number of aromatic carboxylic acids is 2. The first-order valence-electron chi connectivity index (χ1n) is 3.99. The van der Waals surface area contributed by atoms with Gasteiger partial charge in [-0.05, 0) is 13.8 Å². The van der Waals surface area contributed by atoms with E-state index in [1.54, 1.807) is 13.8 Å². The Hall–Kier alpha value is -1.85. The van der Waals surface area contributed by atoms with Gasteiger partial charge in [-0.15, -0.1) is 0 Å². The Kier molecular flexibility index (Phi) is 2.55. The lowest BCUT2D eigenvalue weighted by atomic mass is 10.2. The molecule has 0 unspecified atom stereocenters. The van der Waals surface area contributed by atoms with Crippen LogP contribution in [0.1, 0.15) is 40.7 Å². The van der Waals surface area contributed by atoms with E-state index in [1.807, 2.05) is 0 Å². The Labute approximate surface area is 79.8 Å². The average molecular weight is 198 g/mol.